The predicted molar refractivity (Wildman–Crippen MR) is 93.0 cm³/mol. The van der Waals surface area contributed by atoms with Crippen molar-refractivity contribution < 1.29 is 13.2 Å². The Morgan fingerprint density at radius 1 is 1.08 bits per heavy atom. The molecule has 5 nitrogen and oxygen atoms in total. The first kappa shape index (κ1) is 18.1. The van der Waals surface area contributed by atoms with Crippen molar-refractivity contribution in [2.75, 3.05) is 4.90 Å². The number of hydrogen-bond acceptors (Lipinski definition) is 5. The zero-order valence-corrected chi connectivity index (χ0v) is 14.6. The minimum Gasteiger partial charge on any atom is -0.369 e. The summed E-state index contributed by atoms with van der Waals surface area (Å²) in [5, 5.41) is -0.249. The van der Waals surface area contributed by atoms with E-state index in [-0.39, 0.29) is 27.7 Å². The largest absolute Gasteiger partial charge is 0.418 e. The lowest BCUT2D eigenvalue weighted by atomic mass is 9.87. The van der Waals surface area contributed by atoms with E-state index >= 15 is 0 Å². The van der Waals surface area contributed by atoms with Gasteiger partial charge in [0.2, 0.25) is 11.9 Å². The highest BCUT2D eigenvalue weighted by Gasteiger charge is 2.47. The SMILES string of the molecule is NC1=NC2(CCCCC2)N(c2c(C(F)(F)F)ccc(Cl)c2Cl)C(N)=N1. The summed E-state index contributed by atoms with van der Waals surface area (Å²) in [5.41, 5.74) is 9.41. The van der Waals surface area contributed by atoms with E-state index in [4.69, 9.17) is 34.7 Å². The second-order valence-corrected chi connectivity index (χ2v) is 6.86. The molecule has 4 N–H and O–H groups in total. The van der Waals surface area contributed by atoms with Crippen LogP contribution in [0, 0.1) is 0 Å². The van der Waals surface area contributed by atoms with Gasteiger partial charge in [0, 0.05) is 0 Å². The fourth-order valence-electron chi connectivity index (χ4n) is 3.43. The van der Waals surface area contributed by atoms with Crippen LogP contribution in [0.5, 0.6) is 0 Å². The molecule has 1 heterocycles. The highest BCUT2D eigenvalue weighted by atomic mass is 35.5. The molecule has 1 fully saturated rings. The third-order valence-corrected chi connectivity index (χ3v) is 5.24. The zero-order valence-electron chi connectivity index (χ0n) is 13.1. The fraction of sp³-hybridized carbons (Fsp3) is 0.467. The third-order valence-electron chi connectivity index (χ3n) is 4.45. The molecule has 1 aliphatic heterocycles. The number of nitrogens with zero attached hydrogens (tertiary/aromatic N) is 3. The van der Waals surface area contributed by atoms with Crippen LogP contribution < -0.4 is 16.4 Å². The number of rotatable bonds is 1. The maximum absolute atomic E-state index is 13.6. The summed E-state index contributed by atoms with van der Waals surface area (Å²) in [4.78, 5) is 9.47. The van der Waals surface area contributed by atoms with E-state index in [1.807, 2.05) is 0 Å². The van der Waals surface area contributed by atoms with Crippen LogP contribution in [0.25, 0.3) is 0 Å². The van der Waals surface area contributed by atoms with Crippen LogP contribution in [0.4, 0.5) is 18.9 Å². The molecule has 0 radical (unpaired) electrons. The Kier molecular flexibility index (Phi) is 4.53. The Labute approximate surface area is 152 Å². The Morgan fingerprint density at radius 3 is 2.32 bits per heavy atom. The number of alkyl halides is 3. The van der Waals surface area contributed by atoms with Crippen molar-refractivity contribution >= 4 is 40.8 Å². The molecular formula is C15H16Cl2F3N5. The molecule has 1 aliphatic carbocycles. The van der Waals surface area contributed by atoms with E-state index in [2.05, 4.69) is 9.98 Å². The van der Waals surface area contributed by atoms with Crippen LogP contribution in [0.1, 0.15) is 37.7 Å². The minimum atomic E-state index is -4.65. The van der Waals surface area contributed by atoms with Gasteiger partial charge in [-0.2, -0.15) is 18.2 Å². The van der Waals surface area contributed by atoms with Gasteiger partial charge in [-0.1, -0.05) is 29.6 Å². The van der Waals surface area contributed by atoms with Gasteiger partial charge in [-0.15, -0.1) is 0 Å². The molecule has 0 bridgehead atoms. The van der Waals surface area contributed by atoms with Gasteiger partial charge >= 0.3 is 6.18 Å². The normalized spacial score (nSPS) is 20.4. The summed E-state index contributed by atoms with van der Waals surface area (Å²) in [6.07, 6.45) is -1.15. The van der Waals surface area contributed by atoms with Crippen molar-refractivity contribution in [2.45, 2.75) is 43.9 Å². The fourth-order valence-corrected chi connectivity index (χ4v) is 3.83. The molecule has 1 spiro atoms. The second kappa shape index (κ2) is 6.25. The van der Waals surface area contributed by atoms with Crippen LogP contribution in [-0.4, -0.2) is 17.6 Å². The number of anilines is 1. The van der Waals surface area contributed by atoms with Crippen molar-refractivity contribution in [1.29, 1.82) is 0 Å². The molecule has 3 rings (SSSR count). The molecule has 0 unspecified atom stereocenters. The summed E-state index contributed by atoms with van der Waals surface area (Å²) >= 11 is 12.2. The molecular weight excluding hydrogens is 378 g/mol. The standard InChI is InChI=1S/C15H16Cl2F3N5/c16-9-5-4-8(15(18,19)20)11(10(9)17)25-13(22)23-12(21)24-14(25)6-2-1-3-7-14/h4-5H,1-3,6-7H2,(H4,21,22,23,24). The topological polar surface area (TPSA) is 80.0 Å². The average molecular weight is 394 g/mol. The van der Waals surface area contributed by atoms with Crippen LogP contribution in [0.3, 0.4) is 0 Å². The molecule has 136 valence electrons. The van der Waals surface area contributed by atoms with E-state index in [1.165, 1.54) is 4.90 Å². The average Bonchev–Trinajstić information content (AvgIpc) is 2.50. The number of aliphatic imine (C=N–C) groups is 2. The van der Waals surface area contributed by atoms with Gasteiger partial charge in [-0.3, -0.25) is 4.90 Å². The van der Waals surface area contributed by atoms with Gasteiger partial charge in [-0.05, 0) is 37.8 Å². The first-order chi connectivity index (χ1) is 11.7. The summed E-state index contributed by atoms with van der Waals surface area (Å²) in [7, 11) is 0. The molecule has 1 aromatic rings. The number of halogens is 5. The Morgan fingerprint density at radius 2 is 1.72 bits per heavy atom. The van der Waals surface area contributed by atoms with Gasteiger partial charge in [0.1, 0.15) is 5.66 Å². The Bertz CT molecular complexity index is 754. The molecule has 2 aliphatic rings. The molecule has 10 heteroatoms. The van der Waals surface area contributed by atoms with Gasteiger partial charge in [0.25, 0.3) is 0 Å². The minimum absolute atomic E-state index is 0.00838. The number of hydrogen-bond donors (Lipinski definition) is 2. The molecule has 1 aromatic carbocycles. The third kappa shape index (κ3) is 3.13. The first-order valence-electron chi connectivity index (χ1n) is 7.71. The van der Waals surface area contributed by atoms with Crippen molar-refractivity contribution in [2.24, 2.45) is 21.5 Å². The zero-order chi connectivity index (χ0) is 18.4. The molecule has 0 saturated heterocycles. The molecule has 0 aromatic heterocycles. The smallest absolute Gasteiger partial charge is 0.369 e. The van der Waals surface area contributed by atoms with E-state index < -0.39 is 17.4 Å². The summed E-state index contributed by atoms with van der Waals surface area (Å²) < 4.78 is 40.8. The van der Waals surface area contributed by atoms with E-state index in [0.29, 0.717) is 12.8 Å². The van der Waals surface area contributed by atoms with Crippen molar-refractivity contribution in [1.82, 2.24) is 0 Å². The molecule has 0 atom stereocenters. The highest BCUT2D eigenvalue weighted by molar-refractivity contribution is 6.44. The van der Waals surface area contributed by atoms with E-state index in [1.54, 1.807) is 0 Å². The second-order valence-electron chi connectivity index (χ2n) is 6.07. The van der Waals surface area contributed by atoms with Gasteiger partial charge < -0.3 is 11.5 Å². The lowest BCUT2D eigenvalue weighted by Gasteiger charge is -2.46. The Balaban J connectivity index is 2.26. The maximum atomic E-state index is 13.6. The van der Waals surface area contributed by atoms with Crippen molar-refractivity contribution in [3.05, 3.63) is 27.7 Å². The van der Waals surface area contributed by atoms with E-state index in [0.717, 1.165) is 31.4 Å². The molecule has 0 amide bonds. The highest BCUT2D eigenvalue weighted by Crippen LogP contribution is 2.48. The summed E-state index contributed by atoms with van der Waals surface area (Å²) in [6, 6.07) is 1.99. The maximum Gasteiger partial charge on any atom is 0.418 e. The van der Waals surface area contributed by atoms with Gasteiger partial charge in [0.05, 0.1) is 21.3 Å². The number of guanidine groups is 2. The predicted octanol–water partition coefficient (Wildman–Crippen LogP) is 4.12. The van der Waals surface area contributed by atoms with Crippen molar-refractivity contribution in [3.63, 3.8) is 0 Å². The summed E-state index contributed by atoms with van der Waals surface area (Å²) in [6.45, 7) is 0. The van der Waals surface area contributed by atoms with Crippen LogP contribution in [-0.2, 0) is 6.18 Å². The van der Waals surface area contributed by atoms with Crippen LogP contribution in [0.2, 0.25) is 10.0 Å². The first-order valence-corrected chi connectivity index (χ1v) is 8.46. The van der Waals surface area contributed by atoms with E-state index in [9.17, 15) is 13.2 Å². The monoisotopic (exact) mass is 393 g/mol. The van der Waals surface area contributed by atoms with Crippen LogP contribution >= 0.6 is 23.2 Å². The quantitative estimate of drug-likeness (QED) is 0.752. The lowest BCUT2D eigenvalue weighted by molar-refractivity contribution is -0.137. The molecule has 25 heavy (non-hydrogen) atoms. The van der Waals surface area contributed by atoms with Gasteiger partial charge in [0.15, 0.2) is 0 Å². The van der Waals surface area contributed by atoms with Crippen molar-refractivity contribution in [3.8, 4) is 0 Å². The van der Waals surface area contributed by atoms with Gasteiger partial charge in [-0.25, -0.2) is 4.99 Å². The summed E-state index contributed by atoms with van der Waals surface area (Å²) in [5.74, 6) is -0.230. The number of nitrogens with two attached hydrogens (primary N) is 2. The molecule has 1 saturated carbocycles. The Hall–Kier alpha value is -1.67. The lowest BCUT2D eigenvalue weighted by Crippen LogP contribution is -2.58. The van der Waals surface area contributed by atoms with Crippen LogP contribution in [0.15, 0.2) is 22.1 Å². The number of benzene rings is 1.